The van der Waals surface area contributed by atoms with Crippen molar-refractivity contribution in [3.05, 3.63) is 29.8 Å². The van der Waals surface area contributed by atoms with Crippen LogP contribution in [-0.4, -0.2) is 82.7 Å². The van der Waals surface area contributed by atoms with E-state index < -0.39 is 23.3 Å². The van der Waals surface area contributed by atoms with Crippen molar-refractivity contribution in [2.24, 2.45) is 11.8 Å². The zero-order valence-corrected chi connectivity index (χ0v) is 25.6. The molecule has 2 saturated heterocycles. The highest BCUT2D eigenvalue weighted by atomic mass is 32.2. The fourth-order valence-electron chi connectivity index (χ4n) is 5.88. The van der Waals surface area contributed by atoms with Gasteiger partial charge in [-0.15, -0.1) is 0 Å². The molecule has 0 spiro atoms. The van der Waals surface area contributed by atoms with Crippen LogP contribution in [-0.2, 0) is 27.2 Å². The number of carboxylic acid groups (broad SMARTS) is 1. The average Bonchev–Trinajstić information content (AvgIpc) is 2.98. The molecule has 0 aromatic heterocycles. The van der Waals surface area contributed by atoms with Crippen molar-refractivity contribution >= 4 is 17.2 Å². The minimum Gasteiger partial charge on any atom is -0.494 e. The van der Waals surface area contributed by atoms with Crippen LogP contribution in [0.5, 0.6) is 5.75 Å². The zero-order valence-electron chi connectivity index (χ0n) is 24.8. The average molecular weight is 596 g/mol. The Morgan fingerprint density at radius 3 is 1.93 bits per heavy atom. The largest absolute Gasteiger partial charge is 0.494 e. The molecule has 9 nitrogen and oxygen atoms in total. The molecule has 10 heteroatoms. The number of piperidine rings is 2. The Balaban J connectivity index is 1.30. The predicted molar refractivity (Wildman–Crippen MR) is 163 cm³/mol. The lowest BCUT2D eigenvalue weighted by Gasteiger charge is -2.25. The lowest BCUT2D eigenvalue weighted by molar-refractivity contribution is -0.141. The van der Waals surface area contributed by atoms with E-state index in [1.165, 1.54) is 51.4 Å². The molecule has 2 fully saturated rings. The monoisotopic (exact) mass is 595 g/mol. The van der Waals surface area contributed by atoms with Crippen molar-refractivity contribution in [3.8, 4) is 5.75 Å². The molecular formula is C31H53N3O6S. The molecule has 0 bridgehead atoms. The van der Waals surface area contributed by atoms with Gasteiger partial charge in [0.1, 0.15) is 11.8 Å². The van der Waals surface area contributed by atoms with Crippen LogP contribution < -0.4 is 15.4 Å². The minimum absolute atomic E-state index is 0.145. The third-order valence-corrected chi connectivity index (χ3v) is 9.29. The van der Waals surface area contributed by atoms with Crippen molar-refractivity contribution in [3.63, 3.8) is 0 Å². The first-order valence-corrected chi connectivity index (χ1v) is 16.9. The van der Waals surface area contributed by atoms with Crippen LogP contribution in [0.2, 0.25) is 0 Å². The van der Waals surface area contributed by atoms with Crippen LogP contribution >= 0.6 is 0 Å². The van der Waals surface area contributed by atoms with Gasteiger partial charge in [-0.2, -0.15) is 4.31 Å². The number of nitrogens with one attached hydrogen (secondary N) is 2. The number of rotatable bonds is 21. The Hall–Kier alpha value is -1.56. The van der Waals surface area contributed by atoms with Gasteiger partial charge in [-0.25, -0.2) is 4.21 Å². The number of ether oxygens (including phenoxy) is 2. The molecule has 1 aromatic carbocycles. The number of hydrogen-bond acceptors (Lipinski definition) is 6. The van der Waals surface area contributed by atoms with Crippen LogP contribution in [0.1, 0.15) is 82.6 Å². The van der Waals surface area contributed by atoms with Crippen molar-refractivity contribution in [1.82, 2.24) is 14.9 Å². The number of benzene rings is 1. The maximum atomic E-state index is 12.0. The molecule has 41 heavy (non-hydrogen) atoms. The maximum Gasteiger partial charge on any atom is 0.322 e. The molecule has 2 aliphatic heterocycles. The summed E-state index contributed by atoms with van der Waals surface area (Å²) in [5.74, 6) is 1.34. The Bertz CT molecular complexity index is 862. The van der Waals surface area contributed by atoms with Crippen molar-refractivity contribution < 1.29 is 28.1 Å². The number of unbranched alkanes of at least 4 members (excludes halogenated alkanes) is 3. The second-order valence-corrected chi connectivity index (χ2v) is 12.6. The summed E-state index contributed by atoms with van der Waals surface area (Å²) in [5, 5.41) is 16.7. The molecule has 234 valence electrons. The molecule has 3 rings (SSSR count). The van der Waals surface area contributed by atoms with Gasteiger partial charge in [-0.1, -0.05) is 31.4 Å². The Kier molecular flexibility index (Phi) is 16.9. The van der Waals surface area contributed by atoms with Crippen LogP contribution in [0, 0.1) is 11.8 Å². The SMILES string of the molecule is O=C(O)[C@H](Cc1ccc(OCCCCC2CCNCC2)cc1)N(CCCCOCCCCC1CCNCC1)S(=O)O. The van der Waals surface area contributed by atoms with Gasteiger partial charge >= 0.3 is 5.97 Å². The van der Waals surface area contributed by atoms with E-state index in [-0.39, 0.29) is 13.0 Å². The Morgan fingerprint density at radius 2 is 1.39 bits per heavy atom. The summed E-state index contributed by atoms with van der Waals surface area (Å²) >= 11 is -2.38. The minimum atomic E-state index is -2.38. The van der Waals surface area contributed by atoms with Crippen LogP contribution in [0.25, 0.3) is 0 Å². The number of carbonyl (C=O) groups is 1. The van der Waals surface area contributed by atoms with Gasteiger partial charge in [0.2, 0.25) is 11.3 Å². The number of carboxylic acids is 1. The van der Waals surface area contributed by atoms with Crippen molar-refractivity contribution in [2.45, 2.75) is 89.5 Å². The van der Waals surface area contributed by atoms with Crippen LogP contribution in [0.15, 0.2) is 24.3 Å². The first-order valence-electron chi connectivity index (χ1n) is 15.8. The second-order valence-electron chi connectivity index (χ2n) is 11.6. The van der Waals surface area contributed by atoms with Gasteiger partial charge < -0.3 is 25.2 Å². The van der Waals surface area contributed by atoms with Gasteiger partial charge in [0.25, 0.3) is 0 Å². The van der Waals surface area contributed by atoms with Crippen LogP contribution in [0.4, 0.5) is 0 Å². The fraction of sp³-hybridized carbons (Fsp3) is 0.774. The van der Waals surface area contributed by atoms with Gasteiger partial charge in [0, 0.05) is 19.8 Å². The first-order chi connectivity index (χ1) is 20.0. The fourth-order valence-corrected chi connectivity index (χ4v) is 6.54. The highest BCUT2D eigenvalue weighted by Gasteiger charge is 2.29. The maximum absolute atomic E-state index is 12.0. The molecule has 0 aliphatic carbocycles. The lowest BCUT2D eigenvalue weighted by atomic mass is 9.93. The predicted octanol–water partition coefficient (Wildman–Crippen LogP) is 4.64. The van der Waals surface area contributed by atoms with Crippen molar-refractivity contribution in [2.75, 3.05) is 52.5 Å². The van der Waals surface area contributed by atoms with Gasteiger partial charge in [-0.05, 0) is 120 Å². The third kappa shape index (κ3) is 14.0. The normalized spacial score (nSPS) is 18.4. The molecule has 0 saturated carbocycles. The van der Waals surface area contributed by atoms with E-state index in [0.29, 0.717) is 19.6 Å². The van der Waals surface area contributed by atoms with Crippen LogP contribution in [0.3, 0.4) is 0 Å². The lowest BCUT2D eigenvalue weighted by Crippen LogP contribution is -2.44. The Morgan fingerprint density at radius 1 is 0.854 bits per heavy atom. The summed E-state index contributed by atoms with van der Waals surface area (Å²) in [7, 11) is 0. The first kappa shape index (κ1) is 33.9. The number of aliphatic carboxylic acids is 1. The van der Waals surface area contributed by atoms with E-state index in [2.05, 4.69) is 10.6 Å². The molecule has 2 aliphatic rings. The van der Waals surface area contributed by atoms with E-state index in [1.807, 2.05) is 24.3 Å². The topological polar surface area (TPSA) is 120 Å². The molecule has 0 amide bonds. The van der Waals surface area contributed by atoms with Crippen molar-refractivity contribution in [1.29, 1.82) is 0 Å². The number of nitrogens with zero attached hydrogens (tertiary/aromatic N) is 1. The van der Waals surface area contributed by atoms with Gasteiger partial charge in [0.05, 0.1) is 6.61 Å². The Labute approximate surface area is 249 Å². The summed E-state index contributed by atoms with van der Waals surface area (Å²) < 4.78 is 34.7. The summed E-state index contributed by atoms with van der Waals surface area (Å²) in [6.07, 6.45) is 13.5. The summed E-state index contributed by atoms with van der Waals surface area (Å²) in [6, 6.07) is 6.31. The molecule has 0 radical (unpaired) electrons. The smallest absolute Gasteiger partial charge is 0.322 e. The standard InChI is InChI=1S/C31H53N3O6S/c35-31(36)30(25-28-9-11-29(12-10-28)40-24-5-2-8-27-15-19-33-20-16-27)34(41(37)38)21-3-6-23-39-22-4-1-7-26-13-17-32-18-14-26/h9-12,26-27,30,32-33H,1-8,13-25H2,(H,35,36)(H,37,38)/t30-/m0/s1. The summed E-state index contributed by atoms with van der Waals surface area (Å²) in [6.45, 7) is 6.75. The summed E-state index contributed by atoms with van der Waals surface area (Å²) in [4.78, 5) is 12.0. The highest BCUT2D eigenvalue weighted by Crippen LogP contribution is 2.21. The van der Waals surface area contributed by atoms with E-state index in [0.717, 1.165) is 79.5 Å². The molecule has 1 aromatic rings. The molecular weight excluding hydrogens is 542 g/mol. The van der Waals surface area contributed by atoms with E-state index in [9.17, 15) is 18.7 Å². The highest BCUT2D eigenvalue weighted by molar-refractivity contribution is 7.76. The van der Waals surface area contributed by atoms with E-state index in [4.69, 9.17) is 9.47 Å². The molecule has 2 heterocycles. The summed E-state index contributed by atoms with van der Waals surface area (Å²) in [5.41, 5.74) is 0.791. The van der Waals surface area contributed by atoms with E-state index in [1.54, 1.807) is 0 Å². The quantitative estimate of drug-likeness (QED) is 0.120. The zero-order chi connectivity index (χ0) is 29.1. The van der Waals surface area contributed by atoms with Gasteiger partial charge in [-0.3, -0.25) is 9.35 Å². The second kappa shape index (κ2) is 20.4. The molecule has 4 N–H and O–H groups in total. The molecule has 2 atom stereocenters. The van der Waals surface area contributed by atoms with Gasteiger partial charge in [0.15, 0.2) is 0 Å². The third-order valence-electron chi connectivity index (χ3n) is 8.45. The molecule has 1 unspecified atom stereocenters. The van der Waals surface area contributed by atoms with E-state index >= 15 is 0 Å². The number of hydrogen-bond donors (Lipinski definition) is 4.